The standard InChI is InChI=1S/C33H36N2O6/c1-19(2)18-38-28-14-9-23(15-30(28)37-6)31-26-13-12-25(16-29(26)41-32(35)27(31)17-34)40-33(36)21(5)39-24-10-7-22(8-11-24)20(3)4/h7-16,19-21,31H,18,35H2,1-6H3. The molecule has 0 bridgehead atoms. The summed E-state index contributed by atoms with van der Waals surface area (Å²) in [6, 6.07) is 20.4. The van der Waals surface area contributed by atoms with Crippen molar-refractivity contribution in [3.8, 4) is 34.8 Å². The summed E-state index contributed by atoms with van der Waals surface area (Å²) in [4.78, 5) is 12.8. The van der Waals surface area contributed by atoms with E-state index < -0.39 is 18.0 Å². The summed E-state index contributed by atoms with van der Waals surface area (Å²) in [6.45, 7) is 10.5. The molecule has 1 heterocycles. The topological polar surface area (TPSA) is 113 Å². The molecule has 3 aromatic carbocycles. The average Bonchev–Trinajstić information content (AvgIpc) is 2.95. The fraction of sp³-hybridized carbons (Fsp3) is 0.333. The predicted molar refractivity (Wildman–Crippen MR) is 155 cm³/mol. The van der Waals surface area contributed by atoms with E-state index in [9.17, 15) is 10.1 Å². The van der Waals surface area contributed by atoms with Crippen LogP contribution in [0.3, 0.4) is 0 Å². The molecule has 1 aliphatic rings. The van der Waals surface area contributed by atoms with Crippen LogP contribution in [0, 0.1) is 17.2 Å². The minimum absolute atomic E-state index is 0.0193. The lowest BCUT2D eigenvalue weighted by Crippen LogP contribution is -2.28. The van der Waals surface area contributed by atoms with Crippen LogP contribution in [0.5, 0.6) is 28.7 Å². The van der Waals surface area contributed by atoms with Crippen LogP contribution in [0.25, 0.3) is 0 Å². The summed E-state index contributed by atoms with van der Waals surface area (Å²) in [6.07, 6.45) is -0.844. The van der Waals surface area contributed by atoms with Crippen LogP contribution >= 0.6 is 0 Å². The van der Waals surface area contributed by atoms with E-state index in [4.69, 9.17) is 29.4 Å². The Balaban J connectivity index is 1.55. The smallest absolute Gasteiger partial charge is 0.352 e. The highest BCUT2D eigenvalue weighted by Gasteiger charge is 2.32. The number of esters is 1. The van der Waals surface area contributed by atoms with Crippen LogP contribution in [0.4, 0.5) is 0 Å². The first-order chi connectivity index (χ1) is 19.6. The average molecular weight is 557 g/mol. The van der Waals surface area contributed by atoms with Crippen molar-refractivity contribution in [3.05, 3.63) is 88.8 Å². The molecular weight excluding hydrogens is 520 g/mol. The molecule has 41 heavy (non-hydrogen) atoms. The molecule has 0 saturated heterocycles. The van der Waals surface area contributed by atoms with E-state index in [0.29, 0.717) is 47.0 Å². The van der Waals surface area contributed by atoms with E-state index in [-0.39, 0.29) is 17.2 Å². The molecule has 0 fully saturated rings. The minimum atomic E-state index is -0.844. The van der Waals surface area contributed by atoms with Crippen LogP contribution in [-0.4, -0.2) is 25.8 Å². The van der Waals surface area contributed by atoms with Gasteiger partial charge in [-0.15, -0.1) is 0 Å². The Morgan fingerprint density at radius 1 is 0.976 bits per heavy atom. The second-order valence-electron chi connectivity index (χ2n) is 10.6. The van der Waals surface area contributed by atoms with Gasteiger partial charge in [-0.05, 0) is 60.2 Å². The first-order valence-corrected chi connectivity index (χ1v) is 13.6. The molecule has 0 aromatic heterocycles. The number of nitrogens with two attached hydrogens (primary N) is 1. The second-order valence-corrected chi connectivity index (χ2v) is 10.6. The zero-order valence-corrected chi connectivity index (χ0v) is 24.3. The number of methoxy groups -OCH3 is 1. The predicted octanol–water partition coefficient (Wildman–Crippen LogP) is 6.44. The van der Waals surface area contributed by atoms with Gasteiger partial charge in [-0.2, -0.15) is 5.26 Å². The lowest BCUT2D eigenvalue weighted by molar-refractivity contribution is -0.141. The molecule has 2 unspecified atom stereocenters. The van der Waals surface area contributed by atoms with Crippen molar-refractivity contribution in [3.63, 3.8) is 0 Å². The first-order valence-electron chi connectivity index (χ1n) is 13.6. The normalized spacial score (nSPS) is 15.0. The molecule has 214 valence electrons. The van der Waals surface area contributed by atoms with E-state index in [1.807, 2.05) is 42.5 Å². The van der Waals surface area contributed by atoms with Crippen molar-refractivity contribution in [2.45, 2.75) is 52.6 Å². The van der Waals surface area contributed by atoms with Crippen molar-refractivity contribution in [1.29, 1.82) is 5.26 Å². The number of hydrogen-bond donors (Lipinski definition) is 1. The molecule has 1 aliphatic heterocycles. The Hall–Kier alpha value is -4.64. The van der Waals surface area contributed by atoms with Gasteiger partial charge >= 0.3 is 5.97 Å². The van der Waals surface area contributed by atoms with Gasteiger partial charge in [-0.25, -0.2) is 4.79 Å². The van der Waals surface area contributed by atoms with Gasteiger partial charge in [-0.1, -0.05) is 52.0 Å². The molecule has 3 aromatic rings. The maximum Gasteiger partial charge on any atom is 0.352 e. The summed E-state index contributed by atoms with van der Waals surface area (Å²) in [5.41, 5.74) is 9.10. The molecule has 0 radical (unpaired) electrons. The van der Waals surface area contributed by atoms with Gasteiger partial charge in [0.15, 0.2) is 17.6 Å². The number of fused-ring (bicyclic) bond motifs is 1. The van der Waals surface area contributed by atoms with Gasteiger partial charge in [0.05, 0.1) is 19.6 Å². The minimum Gasteiger partial charge on any atom is -0.493 e. The number of allylic oxidation sites excluding steroid dienone is 1. The molecule has 8 heteroatoms. The van der Waals surface area contributed by atoms with Gasteiger partial charge in [0.25, 0.3) is 0 Å². The lowest BCUT2D eigenvalue weighted by atomic mass is 9.83. The molecule has 0 amide bonds. The quantitative estimate of drug-likeness (QED) is 0.224. The Labute approximate surface area is 241 Å². The Morgan fingerprint density at radius 2 is 1.68 bits per heavy atom. The summed E-state index contributed by atoms with van der Waals surface area (Å²) in [5, 5.41) is 9.94. The summed E-state index contributed by atoms with van der Waals surface area (Å²) in [5.74, 6) is 2.04. The van der Waals surface area contributed by atoms with Crippen molar-refractivity contribution >= 4 is 5.97 Å². The Morgan fingerprint density at radius 3 is 2.32 bits per heavy atom. The monoisotopic (exact) mass is 556 g/mol. The zero-order chi connectivity index (χ0) is 29.7. The maximum atomic E-state index is 12.8. The van der Waals surface area contributed by atoms with E-state index in [1.54, 1.807) is 32.2 Å². The molecular formula is C33H36N2O6. The van der Waals surface area contributed by atoms with Gasteiger partial charge in [0.1, 0.15) is 28.9 Å². The molecule has 8 nitrogen and oxygen atoms in total. The molecule has 0 aliphatic carbocycles. The second kappa shape index (κ2) is 12.7. The summed E-state index contributed by atoms with van der Waals surface area (Å²) in [7, 11) is 1.57. The SMILES string of the molecule is COc1cc(C2C(C#N)=C(N)Oc3cc(OC(=O)C(C)Oc4ccc(C(C)C)cc4)ccc32)ccc1OCC(C)C. The van der Waals surface area contributed by atoms with Gasteiger partial charge in [-0.3, -0.25) is 0 Å². The first kappa shape index (κ1) is 29.3. The molecule has 0 saturated carbocycles. The van der Waals surface area contributed by atoms with E-state index in [1.165, 1.54) is 5.56 Å². The van der Waals surface area contributed by atoms with E-state index in [2.05, 4.69) is 33.8 Å². The Bertz CT molecular complexity index is 1470. The number of nitrogens with zero attached hydrogens (tertiary/aromatic N) is 1. The highest BCUT2D eigenvalue weighted by atomic mass is 16.6. The lowest BCUT2D eigenvalue weighted by Gasteiger charge is -2.27. The fourth-order valence-electron chi connectivity index (χ4n) is 4.46. The van der Waals surface area contributed by atoms with Crippen LogP contribution in [0.15, 0.2) is 72.1 Å². The number of rotatable bonds is 10. The van der Waals surface area contributed by atoms with Crippen molar-refractivity contribution in [2.24, 2.45) is 11.7 Å². The van der Waals surface area contributed by atoms with Gasteiger partial charge in [0.2, 0.25) is 5.88 Å². The van der Waals surface area contributed by atoms with Crippen LogP contribution < -0.4 is 29.4 Å². The van der Waals surface area contributed by atoms with Crippen molar-refractivity contribution in [1.82, 2.24) is 0 Å². The van der Waals surface area contributed by atoms with Gasteiger partial charge in [0, 0.05) is 11.6 Å². The van der Waals surface area contributed by atoms with Crippen LogP contribution in [0.1, 0.15) is 63.1 Å². The van der Waals surface area contributed by atoms with Gasteiger partial charge < -0.3 is 29.4 Å². The van der Waals surface area contributed by atoms with E-state index >= 15 is 0 Å². The largest absolute Gasteiger partial charge is 0.493 e. The third-order valence-corrected chi connectivity index (χ3v) is 6.69. The number of hydrogen-bond acceptors (Lipinski definition) is 8. The summed E-state index contributed by atoms with van der Waals surface area (Å²) >= 11 is 0. The summed E-state index contributed by atoms with van der Waals surface area (Å²) < 4.78 is 28.7. The maximum absolute atomic E-state index is 12.8. The number of carbonyl (C=O) groups is 1. The molecule has 4 rings (SSSR count). The third-order valence-electron chi connectivity index (χ3n) is 6.69. The highest BCUT2D eigenvalue weighted by molar-refractivity contribution is 5.77. The number of ether oxygens (including phenoxy) is 5. The highest BCUT2D eigenvalue weighted by Crippen LogP contribution is 2.45. The molecule has 2 atom stereocenters. The molecule has 0 spiro atoms. The number of nitriles is 1. The van der Waals surface area contributed by atoms with Crippen molar-refractivity contribution in [2.75, 3.05) is 13.7 Å². The van der Waals surface area contributed by atoms with E-state index in [0.717, 1.165) is 5.56 Å². The van der Waals surface area contributed by atoms with Crippen LogP contribution in [0.2, 0.25) is 0 Å². The fourth-order valence-corrected chi connectivity index (χ4v) is 4.46. The number of benzene rings is 3. The molecule has 2 N–H and O–H groups in total. The van der Waals surface area contributed by atoms with Crippen LogP contribution in [-0.2, 0) is 4.79 Å². The van der Waals surface area contributed by atoms with Crippen molar-refractivity contribution < 1.29 is 28.5 Å². The zero-order valence-electron chi connectivity index (χ0n) is 24.3. The third kappa shape index (κ3) is 6.75. The Kier molecular flexibility index (Phi) is 9.08. The number of carbonyl (C=O) groups excluding carboxylic acids is 1.